The minimum atomic E-state index is -0.667. The number of benzene rings is 2. The fourth-order valence-corrected chi connectivity index (χ4v) is 2.39. The number of urea groups is 1. The van der Waals surface area contributed by atoms with Crippen molar-refractivity contribution in [3.63, 3.8) is 0 Å². The number of nitrogens with zero attached hydrogens (tertiary/aromatic N) is 3. The largest absolute Gasteiger partial charge is 0.351 e. The lowest BCUT2D eigenvalue weighted by Crippen LogP contribution is -2.32. The Bertz CT molecular complexity index is 827. The first-order chi connectivity index (χ1) is 11.5. The van der Waals surface area contributed by atoms with Crippen molar-refractivity contribution in [2.75, 3.05) is 4.90 Å². The van der Waals surface area contributed by atoms with Crippen LogP contribution in [-0.2, 0) is 9.59 Å². The minimum Gasteiger partial charge on any atom is -0.351 e. The normalized spacial score (nSPS) is 9.58. The highest BCUT2D eigenvalue weighted by Crippen LogP contribution is 2.34. The lowest BCUT2D eigenvalue weighted by atomic mass is 10.1. The van der Waals surface area contributed by atoms with Gasteiger partial charge in [0.1, 0.15) is 0 Å². The molecule has 0 atom stereocenters. The Morgan fingerprint density at radius 3 is 1.62 bits per heavy atom. The highest BCUT2D eigenvalue weighted by atomic mass is 16.2. The summed E-state index contributed by atoms with van der Waals surface area (Å²) in [6, 6.07) is 9.10. The van der Waals surface area contributed by atoms with E-state index >= 15 is 0 Å². The van der Waals surface area contributed by atoms with Crippen molar-refractivity contribution in [2.24, 2.45) is 15.7 Å². The summed E-state index contributed by atoms with van der Waals surface area (Å²) >= 11 is 0. The van der Waals surface area contributed by atoms with Crippen molar-refractivity contribution in [1.82, 2.24) is 0 Å². The second-order valence-corrected chi connectivity index (χ2v) is 5.02. The third kappa shape index (κ3) is 3.44. The molecule has 7 nitrogen and oxygen atoms in total. The molecule has 0 saturated carbocycles. The van der Waals surface area contributed by atoms with Crippen LogP contribution in [0.4, 0.5) is 27.5 Å². The van der Waals surface area contributed by atoms with Gasteiger partial charge in [0.05, 0.1) is 22.7 Å². The summed E-state index contributed by atoms with van der Waals surface area (Å²) in [5, 5.41) is 0. The molecule has 0 fully saturated rings. The number of aryl methyl sites for hydroxylation is 2. The zero-order valence-corrected chi connectivity index (χ0v) is 13.1. The third-order valence-corrected chi connectivity index (χ3v) is 3.41. The highest BCUT2D eigenvalue weighted by molar-refractivity contribution is 6.00. The van der Waals surface area contributed by atoms with E-state index in [4.69, 9.17) is 5.73 Å². The first-order valence-electron chi connectivity index (χ1n) is 6.94. The number of hydrogen-bond donors (Lipinski definition) is 1. The molecule has 0 aliphatic carbocycles. The molecule has 120 valence electrons. The summed E-state index contributed by atoms with van der Waals surface area (Å²) in [6.45, 7) is 3.55. The van der Waals surface area contributed by atoms with Crippen molar-refractivity contribution in [3.8, 4) is 0 Å². The van der Waals surface area contributed by atoms with E-state index in [9.17, 15) is 14.4 Å². The maximum Gasteiger partial charge on any atom is 0.323 e. The third-order valence-electron chi connectivity index (χ3n) is 3.41. The summed E-state index contributed by atoms with van der Waals surface area (Å²) in [4.78, 5) is 41.1. The van der Waals surface area contributed by atoms with Gasteiger partial charge in [0.2, 0.25) is 12.2 Å². The van der Waals surface area contributed by atoms with Crippen LogP contribution in [0.5, 0.6) is 0 Å². The van der Waals surface area contributed by atoms with Gasteiger partial charge in [0, 0.05) is 0 Å². The molecule has 2 aromatic rings. The van der Waals surface area contributed by atoms with Crippen LogP contribution in [0, 0.1) is 13.8 Å². The summed E-state index contributed by atoms with van der Waals surface area (Å²) < 4.78 is 0. The van der Waals surface area contributed by atoms with E-state index < -0.39 is 6.03 Å². The van der Waals surface area contributed by atoms with Gasteiger partial charge in [-0.25, -0.2) is 14.4 Å². The lowest BCUT2D eigenvalue weighted by Gasteiger charge is -2.24. The summed E-state index contributed by atoms with van der Waals surface area (Å²) in [5.41, 5.74) is 8.95. The summed E-state index contributed by atoms with van der Waals surface area (Å²) in [7, 11) is 0. The van der Waals surface area contributed by atoms with Crippen molar-refractivity contribution in [2.45, 2.75) is 13.8 Å². The summed E-state index contributed by atoms with van der Waals surface area (Å²) in [6.07, 6.45) is 2.94. The Morgan fingerprint density at radius 2 is 1.33 bits per heavy atom. The molecule has 0 radical (unpaired) electrons. The molecule has 0 spiro atoms. The van der Waals surface area contributed by atoms with Crippen LogP contribution < -0.4 is 10.6 Å². The van der Waals surface area contributed by atoms with E-state index in [1.165, 1.54) is 17.1 Å². The molecule has 2 amide bonds. The zero-order chi connectivity index (χ0) is 17.7. The molecule has 0 aromatic heterocycles. The quantitative estimate of drug-likeness (QED) is 0.688. The summed E-state index contributed by atoms with van der Waals surface area (Å²) in [5.74, 6) is 0. The Hall–Kier alpha value is -3.53. The van der Waals surface area contributed by atoms with Crippen molar-refractivity contribution in [1.29, 1.82) is 0 Å². The maximum atomic E-state index is 12.0. The lowest BCUT2D eigenvalue weighted by molar-refractivity contribution is 0.256. The van der Waals surface area contributed by atoms with Crippen LogP contribution in [0.3, 0.4) is 0 Å². The standard InChI is InChI=1S/C17H14N4O3/c1-11-7-13(19-9-22)3-5-15(11)21(17(18)24)16-6-4-14(20-10-23)8-12(16)2/h3-8H,1-2H3,(H2,18,24). The van der Waals surface area contributed by atoms with Gasteiger partial charge in [-0.3, -0.25) is 4.90 Å². The van der Waals surface area contributed by atoms with Gasteiger partial charge in [-0.05, 0) is 61.4 Å². The number of amides is 2. The minimum absolute atomic E-state index is 0.433. The smallest absolute Gasteiger partial charge is 0.323 e. The van der Waals surface area contributed by atoms with Gasteiger partial charge >= 0.3 is 6.03 Å². The molecular formula is C17H14N4O3. The molecular weight excluding hydrogens is 308 g/mol. The first-order valence-corrected chi connectivity index (χ1v) is 6.94. The van der Waals surface area contributed by atoms with Crippen molar-refractivity contribution in [3.05, 3.63) is 47.5 Å². The molecule has 0 saturated heterocycles. The molecule has 2 aromatic carbocycles. The molecule has 0 aliphatic rings. The molecule has 0 unspecified atom stereocenters. The van der Waals surface area contributed by atoms with Gasteiger partial charge in [-0.15, -0.1) is 0 Å². The average Bonchev–Trinajstić information content (AvgIpc) is 2.52. The number of isocyanates is 2. The molecule has 0 bridgehead atoms. The van der Waals surface area contributed by atoms with Crippen LogP contribution in [0.1, 0.15) is 11.1 Å². The zero-order valence-electron chi connectivity index (χ0n) is 13.1. The van der Waals surface area contributed by atoms with Gasteiger partial charge in [-0.1, -0.05) is 0 Å². The number of carbonyl (C=O) groups is 1. The molecule has 0 aliphatic heterocycles. The average molecular weight is 322 g/mol. The molecule has 2 N–H and O–H groups in total. The Balaban J connectivity index is 2.57. The number of carbonyl (C=O) groups excluding carboxylic acids is 3. The van der Waals surface area contributed by atoms with Crippen LogP contribution in [0.15, 0.2) is 46.4 Å². The Labute approximate surface area is 138 Å². The fraction of sp³-hybridized carbons (Fsp3) is 0.118. The van der Waals surface area contributed by atoms with Gasteiger partial charge < -0.3 is 5.73 Å². The fourth-order valence-electron chi connectivity index (χ4n) is 2.39. The van der Waals surface area contributed by atoms with E-state index in [1.807, 2.05) is 0 Å². The van der Waals surface area contributed by atoms with Crippen LogP contribution in [0.2, 0.25) is 0 Å². The number of anilines is 2. The topological polar surface area (TPSA) is 105 Å². The SMILES string of the molecule is Cc1cc(N=C=O)ccc1N(C(N)=O)c1ccc(N=C=O)cc1C. The maximum absolute atomic E-state index is 12.0. The van der Waals surface area contributed by atoms with Crippen LogP contribution >= 0.6 is 0 Å². The van der Waals surface area contributed by atoms with Crippen LogP contribution in [0.25, 0.3) is 0 Å². The number of rotatable bonds is 4. The Morgan fingerprint density at radius 1 is 0.917 bits per heavy atom. The van der Waals surface area contributed by atoms with E-state index in [1.54, 1.807) is 50.2 Å². The highest BCUT2D eigenvalue weighted by Gasteiger charge is 2.19. The second-order valence-electron chi connectivity index (χ2n) is 5.02. The molecule has 24 heavy (non-hydrogen) atoms. The number of hydrogen-bond acceptors (Lipinski definition) is 5. The van der Waals surface area contributed by atoms with Gasteiger partial charge in [-0.2, -0.15) is 9.98 Å². The number of aliphatic imine (C=N–C) groups is 2. The first kappa shape index (κ1) is 16.8. The molecule has 0 heterocycles. The Kier molecular flexibility index (Phi) is 5.02. The van der Waals surface area contributed by atoms with Crippen LogP contribution in [-0.4, -0.2) is 18.2 Å². The van der Waals surface area contributed by atoms with E-state index in [0.29, 0.717) is 33.9 Å². The number of primary amides is 1. The second kappa shape index (κ2) is 7.15. The van der Waals surface area contributed by atoms with E-state index in [-0.39, 0.29) is 0 Å². The van der Waals surface area contributed by atoms with E-state index in [0.717, 1.165) is 0 Å². The van der Waals surface area contributed by atoms with Gasteiger partial charge in [0.25, 0.3) is 0 Å². The number of nitrogens with two attached hydrogens (primary N) is 1. The van der Waals surface area contributed by atoms with E-state index in [2.05, 4.69) is 9.98 Å². The molecule has 2 rings (SSSR count). The molecule has 7 heteroatoms. The van der Waals surface area contributed by atoms with Crippen molar-refractivity contribution < 1.29 is 14.4 Å². The predicted molar refractivity (Wildman–Crippen MR) is 89.6 cm³/mol. The monoisotopic (exact) mass is 322 g/mol. The van der Waals surface area contributed by atoms with Crippen molar-refractivity contribution >= 4 is 40.9 Å². The predicted octanol–water partition coefficient (Wildman–Crippen LogP) is 3.45. The van der Waals surface area contributed by atoms with Gasteiger partial charge in [0.15, 0.2) is 0 Å².